The fourth-order valence-electron chi connectivity index (χ4n) is 8.89. The summed E-state index contributed by atoms with van der Waals surface area (Å²) in [6.45, 7) is 0. The van der Waals surface area contributed by atoms with Crippen molar-refractivity contribution in [1.82, 2.24) is 14.5 Å². The number of fused-ring (bicyclic) bond motifs is 7. The summed E-state index contributed by atoms with van der Waals surface area (Å²) in [4.78, 5) is 11.0. The molecule has 60 heavy (non-hydrogen) atoms. The third-order valence-corrected chi connectivity index (χ3v) is 11.7. The van der Waals surface area contributed by atoms with Crippen LogP contribution in [0.2, 0.25) is 0 Å². The molecule has 9 aromatic carbocycles. The highest BCUT2D eigenvalue weighted by molar-refractivity contribution is 6.11. The monoisotopic (exact) mass is 765 g/mol. The predicted octanol–water partition coefficient (Wildman–Crippen LogP) is 15.0. The lowest BCUT2D eigenvalue weighted by Crippen LogP contribution is -1.99. The summed E-state index contributed by atoms with van der Waals surface area (Å²) in [5.74, 6) is 1.43. The van der Waals surface area contributed by atoms with E-state index in [2.05, 4.69) is 199 Å². The number of nitrogens with zero attached hydrogens (tertiary/aromatic N) is 3. The van der Waals surface area contributed by atoms with Gasteiger partial charge in [0.25, 0.3) is 0 Å². The minimum absolute atomic E-state index is 0.644. The molecule has 12 rings (SSSR count). The average molecular weight is 766 g/mol. The first-order valence-electron chi connectivity index (χ1n) is 20.3. The Balaban J connectivity index is 1.15. The summed E-state index contributed by atoms with van der Waals surface area (Å²) in [6, 6.07) is 75.1. The second-order valence-corrected chi connectivity index (χ2v) is 15.4. The van der Waals surface area contributed by atoms with Gasteiger partial charge in [-0.15, -0.1) is 0 Å². The van der Waals surface area contributed by atoms with Gasteiger partial charge < -0.3 is 8.98 Å². The normalized spacial score (nSPS) is 11.7. The van der Waals surface area contributed by atoms with Crippen molar-refractivity contribution in [1.29, 1.82) is 0 Å². The van der Waals surface area contributed by atoms with Crippen molar-refractivity contribution in [2.24, 2.45) is 0 Å². The van der Waals surface area contributed by atoms with Crippen LogP contribution < -0.4 is 0 Å². The number of aromatic nitrogens is 3. The zero-order chi connectivity index (χ0) is 39.6. The molecule has 0 aliphatic rings. The van der Waals surface area contributed by atoms with Crippen LogP contribution in [0.1, 0.15) is 0 Å². The van der Waals surface area contributed by atoms with Crippen LogP contribution in [0.4, 0.5) is 0 Å². The molecule has 0 saturated carbocycles. The molecule has 3 aromatic heterocycles. The second kappa shape index (κ2) is 13.8. The number of para-hydroxylation sites is 2. The smallest absolute Gasteiger partial charge is 0.160 e. The highest BCUT2D eigenvalue weighted by Gasteiger charge is 2.21. The van der Waals surface area contributed by atoms with E-state index in [0.29, 0.717) is 5.82 Å². The number of benzene rings is 9. The fourth-order valence-corrected chi connectivity index (χ4v) is 8.89. The lowest BCUT2D eigenvalue weighted by atomic mass is 9.97. The highest BCUT2D eigenvalue weighted by Crippen LogP contribution is 2.41. The molecule has 0 bridgehead atoms. The number of hydrogen-bond acceptors (Lipinski definition) is 3. The third-order valence-electron chi connectivity index (χ3n) is 11.7. The number of hydrogen-bond donors (Lipinski definition) is 0. The van der Waals surface area contributed by atoms with Crippen LogP contribution in [-0.4, -0.2) is 14.5 Å². The quantitative estimate of drug-likeness (QED) is 0.158. The lowest BCUT2D eigenvalue weighted by molar-refractivity contribution is 0.631. The van der Waals surface area contributed by atoms with Gasteiger partial charge in [0, 0.05) is 49.3 Å². The van der Waals surface area contributed by atoms with E-state index in [9.17, 15) is 0 Å². The van der Waals surface area contributed by atoms with Crippen molar-refractivity contribution in [3.63, 3.8) is 0 Å². The summed E-state index contributed by atoms with van der Waals surface area (Å²) < 4.78 is 8.99. The van der Waals surface area contributed by atoms with Gasteiger partial charge in [-0.25, -0.2) is 9.97 Å². The molecular formula is C56H35N3O. The van der Waals surface area contributed by atoms with Gasteiger partial charge in [0.05, 0.1) is 22.4 Å². The van der Waals surface area contributed by atoms with E-state index in [0.717, 1.165) is 94.2 Å². The lowest BCUT2D eigenvalue weighted by Gasteiger charge is -2.16. The largest absolute Gasteiger partial charge is 0.456 e. The van der Waals surface area contributed by atoms with Crippen LogP contribution in [0.25, 0.3) is 116 Å². The Morgan fingerprint density at radius 1 is 0.367 bits per heavy atom. The maximum absolute atomic E-state index is 6.60. The molecule has 0 amide bonds. The molecule has 0 aliphatic heterocycles. The second-order valence-electron chi connectivity index (χ2n) is 15.4. The maximum Gasteiger partial charge on any atom is 0.160 e. The van der Waals surface area contributed by atoms with E-state index in [1.165, 1.54) is 16.3 Å². The van der Waals surface area contributed by atoms with Crippen LogP contribution in [0.3, 0.4) is 0 Å². The molecule has 0 spiro atoms. The number of furan rings is 1. The van der Waals surface area contributed by atoms with E-state index in [4.69, 9.17) is 14.4 Å². The van der Waals surface area contributed by atoms with Gasteiger partial charge in [0.2, 0.25) is 0 Å². The Bertz CT molecular complexity index is 3570. The molecule has 12 aromatic rings. The van der Waals surface area contributed by atoms with E-state index in [1.807, 2.05) is 18.2 Å². The number of rotatable bonds is 6. The summed E-state index contributed by atoms with van der Waals surface area (Å²) >= 11 is 0. The van der Waals surface area contributed by atoms with E-state index >= 15 is 0 Å². The van der Waals surface area contributed by atoms with Crippen LogP contribution >= 0.6 is 0 Å². The van der Waals surface area contributed by atoms with Gasteiger partial charge in [-0.1, -0.05) is 152 Å². The molecule has 0 radical (unpaired) electrons. The van der Waals surface area contributed by atoms with Crippen molar-refractivity contribution < 1.29 is 4.42 Å². The average Bonchev–Trinajstić information content (AvgIpc) is 3.95. The maximum atomic E-state index is 6.60. The molecule has 0 saturated heterocycles. The van der Waals surface area contributed by atoms with Gasteiger partial charge in [0.15, 0.2) is 5.82 Å². The van der Waals surface area contributed by atoms with Gasteiger partial charge in [-0.3, -0.25) is 0 Å². The summed E-state index contributed by atoms with van der Waals surface area (Å²) in [5.41, 5.74) is 12.2. The minimum atomic E-state index is 0.644. The first-order valence-corrected chi connectivity index (χ1v) is 20.3. The molecule has 0 atom stereocenters. The molecule has 0 fully saturated rings. The van der Waals surface area contributed by atoms with Crippen molar-refractivity contribution in [3.8, 4) is 62.0 Å². The fraction of sp³-hybridized carbons (Fsp3) is 0. The summed E-state index contributed by atoms with van der Waals surface area (Å²) in [5, 5.41) is 7.84. The topological polar surface area (TPSA) is 43.9 Å². The zero-order valence-corrected chi connectivity index (χ0v) is 32.5. The molecule has 4 nitrogen and oxygen atoms in total. The van der Waals surface area contributed by atoms with E-state index in [1.54, 1.807) is 0 Å². The van der Waals surface area contributed by atoms with Crippen molar-refractivity contribution >= 4 is 54.3 Å². The summed E-state index contributed by atoms with van der Waals surface area (Å²) in [6.07, 6.45) is 0. The van der Waals surface area contributed by atoms with E-state index in [-0.39, 0.29) is 0 Å². The standard InChI is InChI=1S/C56H35N3O/c1-3-14-36(15-4-1)39-19-13-20-41(30-39)53-49-29-28-37-16-7-10-23-47(37)54(49)58-56(57-53)45-32-43(31-44(33-45)52-35-40-18-9-12-25-51(40)60-52)50-34-42-27-26-38-17-8-11-24-48(38)55(42)59(50)46-21-5-2-6-22-46/h1-35H. The molecule has 3 heterocycles. The van der Waals surface area contributed by atoms with Crippen LogP contribution in [0, 0.1) is 0 Å². The SMILES string of the molecule is c1ccc(-c2cccc(-c3nc(-c4cc(-c5cc6ccccc6o5)cc(-c5cc6ccc7ccccc7c6n5-c5ccccc5)c4)nc4c3ccc3ccccc34)c2)cc1. The molecule has 0 unspecified atom stereocenters. The Morgan fingerprint density at radius 3 is 1.82 bits per heavy atom. The molecule has 0 aliphatic carbocycles. The van der Waals surface area contributed by atoms with Crippen molar-refractivity contribution in [2.75, 3.05) is 0 Å². The van der Waals surface area contributed by atoms with Crippen LogP contribution in [0.15, 0.2) is 217 Å². The van der Waals surface area contributed by atoms with Crippen molar-refractivity contribution in [3.05, 3.63) is 212 Å². The third kappa shape index (κ3) is 5.69. The first kappa shape index (κ1) is 34.0. The highest BCUT2D eigenvalue weighted by atomic mass is 16.3. The Labute approximate surface area is 346 Å². The van der Waals surface area contributed by atoms with Crippen LogP contribution in [0.5, 0.6) is 0 Å². The van der Waals surface area contributed by atoms with Crippen LogP contribution in [-0.2, 0) is 0 Å². The van der Waals surface area contributed by atoms with Crippen molar-refractivity contribution in [2.45, 2.75) is 0 Å². The Kier molecular flexibility index (Phi) is 7.82. The van der Waals surface area contributed by atoms with Gasteiger partial charge in [-0.2, -0.15) is 0 Å². The van der Waals surface area contributed by atoms with Gasteiger partial charge in [0.1, 0.15) is 11.3 Å². The molecule has 280 valence electrons. The summed E-state index contributed by atoms with van der Waals surface area (Å²) in [7, 11) is 0. The first-order chi connectivity index (χ1) is 29.7. The van der Waals surface area contributed by atoms with Gasteiger partial charge >= 0.3 is 0 Å². The molecule has 0 N–H and O–H groups in total. The van der Waals surface area contributed by atoms with E-state index < -0.39 is 0 Å². The minimum Gasteiger partial charge on any atom is -0.456 e. The van der Waals surface area contributed by atoms with Gasteiger partial charge in [-0.05, 0) is 88.1 Å². The zero-order valence-electron chi connectivity index (χ0n) is 32.5. The predicted molar refractivity (Wildman–Crippen MR) is 248 cm³/mol. The molecular weight excluding hydrogens is 731 g/mol. The Morgan fingerprint density at radius 2 is 0.983 bits per heavy atom. The Hall–Kier alpha value is -8.08. The molecule has 4 heteroatoms.